The van der Waals surface area contributed by atoms with Crippen LogP contribution in [-0.2, 0) is 13.1 Å². The Labute approximate surface area is 231 Å². The van der Waals surface area contributed by atoms with E-state index in [2.05, 4.69) is 15.0 Å². The standard InChI is InChI=1S/C28H24ClF2N5O2S/c29-25-8-7-24(39-25)18-1-2-19(23(31)13-18)15-34-11-9-28(38,10-12-34)16-35-17-32-26-22(27(35)37)14-33-36(26)21-5-3-20(30)4-6-21/h1-8,13-14,17,38H,9-12,15-16H2. The number of thiophene rings is 1. The molecule has 0 unspecified atom stereocenters. The SMILES string of the molecule is O=c1c2cnn(-c3ccc(F)cc3)c2ncn1CC1(O)CCN(Cc2ccc(-c3ccc(Cl)s3)cc2F)CC1. The van der Waals surface area contributed by atoms with Crippen LogP contribution >= 0.6 is 22.9 Å². The van der Waals surface area contributed by atoms with E-state index in [4.69, 9.17) is 11.6 Å². The molecule has 1 fully saturated rings. The zero-order valence-electron chi connectivity index (χ0n) is 20.7. The quantitative estimate of drug-likeness (QED) is 0.303. The molecule has 11 heteroatoms. The number of fused-ring (bicyclic) bond motifs is 1. The highest BCUT2D eigenvalue weighted by Gasteiger charge is 2.33. The Morgan fingerprint density at radius 1 is 1.05 bits per heavy atom. The van der Waals surface area contributed by atoms with Crippen LogP contribution in [-0.4, -0.2) is 48.0 Å². The summed E-state index contributed by atoms with van der Waals surface area (Å²) in [5.41, 5.74) is 0.933. The molecule has 5 aromatic rings. The molecule has 1 saturated heterocycles. The van der Waals surface area contributed by atoms with Crippen LogP contribution in [0.1, 0.15) is 18.4 Å². The summed E-state index contributed by atoms with van der Waals surface area (Å²) in [6.45, 7) is 1.65. The average Bonchev–Trinajstić information content (AvgIpc) is 3.56. The summed E-state index contributed by atoms with van der Waals surface area (Å²) >= 11 is 7.42. The van der Waals surface area contributed by atoms with Crippen LogP contribution in [0.25, 0.3) is 27.2 Å². The highest BCUT2D eigenvalue weighted by atomic mass is 35.5. The Kier molecular flexibility index (Phi) is 6.80. The molecule has 4 heterocycles. The lowest BCUT2D eigenvalue weighted by atomic mass is 9.91. The summed E-state index contributed by atoms with van der Waals surface area (Å²) in [6.07, 6.45) is 3.71. The maximum absolute atomic E-state index is 14.9. The second kappa shape index (κ2) is 10.3. The Morgan fingerprint density at radius 2 is 1.82 bits per heavy atom. The van der Waals surface area contributed by atoms with E-state index in [1.807, 2.05) is 12.1 Å². The van der Waals surface area contributed by atoms with Crippen LogP contribution in [0.5, 0.6) is 0 Å². The first kappa shape index (κ1) is 25.8. The first-order valence-electron chi connectivity index (χ1n) is 12.5. The summed E-state index contributed by atoms with van der Waals surface area (Å²) in [6, 6.07) is 14.7. The van der Waals surface area contributed by atoms with Gasteiger partial charge < -0.3 is 5.11 Å². The Balaban J connectivity index is 1.12. The summed E-state index contributed by atoms with van der Waals surface area (Å²) in [7, 11) is 0. The van der Waals surface area contributed by atoms with Gasteiger partial charge in [0.05, 0.1) is 28.4 Å². The molecule has 1 aliphatic heterocycles. The molecule has 200 valence electrons. The second-order valence-electron chi connectivity index (χ2n) is 9.86. The first-order chi connectivity index (χ1) is 18.8. The van der Waals surface area contributed by atoms with Gasteiger partial charge in [-0.1, -0.05) is 23.7 Å². The molecule has 3 aromatic heterocycles. The third-order valence-electron chi connectivity index (χ3n) is 7.18. The molecule has 0 amide bonds. The zero-order valence-corrected chi connectivity index (χ0v) is 22.3. The highest BCUT2D eigenvalue weighted by molar-refractivity contribution is 7.19. The van der Waals surface area contributed by atoms with Crippen LogP contribution in [0.15, 0.2) is 71.9 Å². The minimum atomic E-state index is -1.09. The fraction of sp³-hybridized carbons (Fsp3) is 0.250. The van der Waals surface area contributed by atoms with Crippen molar-refractivity contribution in [3.8, 4) is 16.1 Å². The number of benzene rings is 2. The zero-order chi connectivity index (χ0) is 27.1. The van der Waals surface area contributed by atoms with Crippen molar-refractivity contribution in [3.63, 3.8) is 0 Å². The normalized spacial score (nSPS) is 15.7. The van der Waals surface area contributed by atoms with Crippen molar-refractivity contribution in [2.24, 2.45) is 0 Å². The number of aromatic nitrogens is 4. The van der Waals surface area contributed by atoms with E-state index in [-0.39, 0.29) is 23.7 Å². The predicted octanol–water partition coefficient (Wildman–Crippen LogP) is 5.27. The first-order valence-corrected chi connectivity index (χ1v) is 13.7. The van der Waals surface area contributed by atoms with E-state index in [9.17, 15) is 18.7 Å². The van der Waals surface area contributed by atoms with Gasteiger partial charge in [0.15, 0.2) is 5.65 Å². The van der Waals surface area contributed by atoms with E-state index >= 15 is 0 Å². The van der Waals surface area contributed by atoms with E-state index in [0.29, 0.717) is 59.1 Å². The molecule has 1 aliphatic rings. The van der Waals surface area contributed by atoms with Crippen LogP contribution in [0.3, 0.4) is 0 Å². The number of likely N-dealkylation sites (tertiary alicyclic amines) is 1. The van der Waals surface area contributed by atoms with Crippen LogP contribution in [0.4, 0.5) is 8.78 Å². The molecule has 0 saturated carbocycles. The summed E-state index contributed by atoms with van der Waals surface area (Å²) in [5.74, 6) is -0.641. The van der Waals surface area contributed by atoms with Crippen LogP contribution < -0.4 is 5.56 Å². The Bertz CT molecular complexity index is 1710. The number of hydrogen-bond donors (Lipinski definition) is 1. The highest BCUT2D eigenvalue weighted by Crippen LogP contribution is 2.32. The lowest BCUT2D eigenvalue weighted by Gasteiger charge is -2.38. The second-order valence-corrected chi connectivity index (χ2v) is 11.6. The minimum Gasteiger partial charge on any atom is -0.388 e. The van der Waals surface area contributed by atoms with Gasteiger partial charge in [-0.25, -0.2) is 18.4 Å². The molecular formula is C28H24ClF2N5O2S. The molecule has 0 radical (unpaired) electrons. The van der Waals surface area contributed by atoms with Crippen LogP contribution in [0, 0.1) is 11.6 Å². The van der Waals surface area contributed by atoms with Gasteiger partial charge >= 0.3 is 0 Å². The van der Waals surface area contributed by atoms with E-state index in [1.165, 1.54) is 51.3 Å². The van der Waals surface area contributed by atoms with E-state index < -0.39 is 5.60 Å². The maximum Gasteiger partial charge on any atom is 0.264 e. The molecule has 0 spiro atoms. The predicted molar refractivity (Wildman–Crippen MR) is 147 cm³/mol. The van der Waals surface area contributed by atoms with E-state index in [0.717, 1.165) is 10.4 Å². The van der Waals surface area contributed by atoms with Gasteiger partial charge in [0.1, 0.15) is 23.3 Å². The maximum atomic E-state index is 14.9. The smallest absolute Gasteiger partial charge is 0.264 e. The topological polar surface area (TPSA) is 76.2 Å². The number of hydrogen-bond acceptors (Lipinski definition) is 6. The molecule has 0 atom stereocenters. The number of halogens is 3. The fourth-order valence-electron chi connectivity index (χ4n) is 4.97. The summed E-state index contributed by atoms with van der Waals surface area (Å²) in [5, 5.41) is 15.8. The molecule has 39 heavy (non-hydrogen) atoms. The van der Waals surface area contributed by atoms with Crippen molar-refractivity contribution in [1.82, 2.24) is 24.2 Å². The number of aliphatic hydroxyl groups is 1. The Hall–Kier alpha value is -3.44. The van der Waals surface area contributed by atoms with Gasteiger partial charge in [0.2, 0.25) is 0 Å². The third-order valence-corrected chi connectivity index (χ3v) is 8.46. The van der Waals surface area contributed by atoms with Gasteiger partial charge in [-0.2, -0.15) is 5.10 Å². The number of nitrogens with zero attached hydrogens (tertiary/aromatic N) is 5. The molecular weight excluding hydrogens is 544 g/mol. The van der Waals surface area contributed by atoms with Crippen molar-refractivity contribution >= 4 is 34.0 Å². The van der Waals surface area contributed by atoms with Crippen molar-refractivity contribution in [2.75, 3.05) is 13.1 Å². The molecule has 0 bridgehead atoms. The van der Waals surface area contributed by atoms with Crippen molar-refractivity contribution in [3.05, 3.63) is 99.0 Å². The molecule has 7 nitrogen and oxygen atoms in total. The monoisotopic (exact) mass is 567 g/mol. The summed E-state index contributed by atoms with van der Waals surface area (Å²) in [4.78, 5) is 20.6. The minimum absolute atomic E-state index is 0.0940. The largest absolute Gasteiger partial charge is 0.388 e. The molecule has 1 N–H and O–H groups in total. The van der Waals surface area contributed by atoms with Gasteiger partial charge in [0, 0.05) is 30.1 Å². The van der Waals surface area contributed by atoms with Gasteiger partial charge in [-0.05, 0) is 60.9 Å². The van der Waals surface area contributed by atoms with Crippen LogP contribution in [0.2, 0.25) is 4.34 Å². The van der Waals surface area contributed by atoms with Gasteiger partial charge in [-0.3, -0.25) is 14.3 Å². The average molecular weight is 568 g/mol. The summed E-state index contributed by atoms with van der Waals surface area (Å²) < 4.78 is 31.7. The third kappa shape index (κ3) is 5.25. The van der Waals surface area contributed by atoms with Crippen molar-refractivity contribution in [2.45, 2.75) is 31.5 Å². The lowest BCUT2D eigenvalue weighted by molar-refractivity contribution is -0.0366. The fourth-order valence-corrected chi connectivity index (χ4v) is 6.01. The molecule has 2 aromatic carbocycles. The number of rotatable bonds is 6. The Morgan fingerprint density at radius 3 is 2.51 bits per heavy atom. The van der Waals surface area contributed by atoms with Gasteiger partial charge in [-0.15, -0.1) is 11.3 Å². The van der Waals surface area contributed by atoms with Crippen molar-refractivity contribution in [1.29, 1.82) is 0 Å². The molecule has 6 rings (SSSR count). The number of piperidine rings is 1. The van der Waals surface area contributed by atoms with Crippen molar-refractivity contribution < 1.29 is 13.9 Å². The van der Waals surface area contributed by atoms with E-state index in [1.54, 1.807) is 24.3 Å². The van der Waals surface area contributed by atoms with Gasteiger partial charge in [0.25, 0.3) is 5.56 Å². The lowest BCUT2D eigenvalue weighted by Crippen LogP contribution is -2.47. The molecule has 0 aliphatic carbocycles.